The fraction of sp³-hybridized carbons (Fsp3) is 0.188. The summed E-state index contributed by atoms with van der Waals surface area (Å²) in [4.78, 5) is 10.9. The maximum Gasteiger partial charge on any atom is 0.405 e. The maximum absolute atomic E-state index is 10.9. The number of ether oxygens (including phenoxy) is 1. The van der Waals surface area contributed by atoms with Gasteiger partial charge in [0.05, 0.1) is 0 Å². The van der Waals surface area contributed by atoms with E-state index in [1.165, 1.54) is 5.56 Å². The van der Waals surface area contributed by atoms with E-state index in [-0.39, 0.29) is 6.10 Å². The second kappa shape index (κ2) is 5.17. The van der Waals surface area contributed by atoms with Crippen LogP contribution in [0.4, 0.5) is 4.79 Å². The van der Waals surface area contributed by atoms with Crippen LogP contribution in [0.2, 0.25) is 5.02 Å². The first-order valence-corrected chi connectivity index (χ1v) is 6.86. The van der Waals surface area contributed by atoms with Gasteiger partial charge in [-0.25, -0.2) is 4.79 Å². The van der Waals surface area contributed by atoms with Crippen molar-refractivity contribution in [2.45, 2.75) is 18.9 Å². The van der Waals surface area contributed by atoms with E-state index in [0.29, 0.717) is 0 Å². The van der Waals surface area contributed by atoms with Crippen molar-refractivity contribution in [3.8, 4) is 11.1 Å². The summed E-state index contributed by atoms with van der Waals surface area (Å²) >= 11 is 5.90. The predicted molar refractivity (Wildman–Crippen MR) is 78.6 cm³/mol. The highest BCUT2D eigenvalue weighted by Crippen LogP contribution is 2.36. The smallest absolute Gasteiger partial charge is 0.405 e. The second-order valence-electron chi connectivity index (χ2n) is 4.88. The Hall–Kier alpha value is -2.00. The van der Waals surface area contributed by atoms with Crippen LogP contribution in [0.3, 0.4) is 0 Å². The van der Waals surface area contributed by atoms with E-state index >= 15 is 0 Å². The van der Waals surface area contributed by atoms with Gasteiger partial charge in [0.15, 0.2) is 0 Å². The second-order valence-corrected chi connectivity index (χ2v) is 5.32. The van der Waals surface area contributed by atoms with E-state index in [2.05, 4.69) is 6.07 Å². The zero-order chi connectivity index (χ0) is 14.1. The quantitative estimate of drug-likeness (QED) is 0.904. The fourth-order valence-electron chi connectivity index (χ4n) is 2.66. The van der Waals surface area contributed by atoms with Crippen LogP contribution >= 0.6 is 11.6 Å². The zero-order valence-corrected chi connectivity index (χ0v) is 11.6. The third-order valence-corrected chi connectivity index (χ3v) is 3.85. The molecule has 20 heavy (non-hydrogen) atoms. The SMILES string of the molecule is NC(=O)OC1CCc2cc(-c3ccc(Cl)cc3)ccc21. The first-order valence-electron chi connectivity index (χ1n) is 6.48. The minimum atomic E-state index is -0.718. The van der Waals surface area contributed by atoms with E-state index in [1.54, 1.807) is 0 Å². The molecule has 1 unspecified atom stereocenters. The summed E-state index contributed by atoms with van der Waals surface area (Å²) in [5, 5.41) is 0.727. The number of nitrogens with two attached hydrogens (primary N) is 1. The molecule has 0 spiro atoms. The molecule has 1 aliphatic rings. The number of hydrogen-bond acceptors (Lipinski definition) is 2. The molecule has 0 fully saturated rings. The maximum atomic E-state index is 10.9. The van der Waals surface area contributed by atoms with Gasteiger partial charge >= 0.3 is 6.09 Å². The van der Waals surface area contributed by atoms with Crippen LogP contribution in [0.15, 0.2) is 42.5 Å². The molecule has 0 saturated carbocycles. The van der Waals surface area contributed by atoms with Crippen LogP contribution in [-0.4, -0.2) is 6.09 Å². The van der Waals surface area contributed by atoms with Crippen LogP contribution < -0.4 is 5.73 Å². The first kappa shape index (κ1) is 13.0. The van der Waals surface area contributed by atoms with Gasteiger partial charge in [-0.2, -0.15) is 0 Å². The fourth-order valence-corrected chi connectivity index (χ4v) is 2.79. The first-order chi connectivity index (χ1) is 9.63. The Morgan fingerprint density at radius 1 is 1.15 bits per heavy atom. The van der Waals surface area contributed by atoms with Gasteiger partial charge in [0, 0.05) is 5.02 Å². The molecule has 3 nitrogen and oxygen atoms in total. The lowest BCUT2D eigenvalue weighted by molar-refractivity contribution is 0.107. The number of benzene rings is 2. The molecule has 2 N–H and O–H groups in total. The molecule has 0 bridgehead atoms. The summed E-state index contributed by atoms with van der Waals surface area (Å²) in [5.74, 6) is 0. The Bertz CT molecular complexity index is 652. The lowest BCUT2D eigenvalue weighted by Crippen LogP contribution is -2.15. The molecule has 0 radical (unpaired) electrons. The van der Waals surface area contributed by atoms with E-state index in [1.807, 2.05) is 36.4 Å². The van der Waals surface area contributed by atoms with E-state index < -0.39 is 6.09 Å². The monoisotopic (exact) mass is 287 g/mol. The molecule has 1 amide bonds. The van der Waals surface area contributed by atoms with Gasteiger partial charge in [-0.15, -0.1) is 0 Å². The Morgan fingerprint density at radius 2 is 1.85 bits per heavy atom. The largest absolute Gasteiger partial charge is 0.441 e. The molecule has 0 saturated heterocycles. The van der Waals surface area contributed by atoms with Gasteiger partial charge in [0.1, 0.15) is 6.10 Å². The van der Waals surface area contributed by atoms with Gasteiger partial charge in [0.25, 0.3) is 0 Å². The Balaban J connectivity index is 1.91. The van der Waals surface area contributed by atoms with E-state index in [4.69, 9.17) is 22.1 Å². The lowest BCUT2D eigenvalue weighted by Gasteiger charge is -2.12. The third kappa shape index (κ3) is 2.49. The van der Waals surface area contributed by atoms with Gasteiger partial charge < -0.3 is 10.5 Å². The average Bonchev–Trinajstić information content (AvgIpc) is 2.81. The van der Waals surface area contributed by atoms with Crippen molar-refractivity contribution in [1.82, 2.24) is 0 Å². The van der Waals surface area contributed by atoms with Crippen molar-refractivity contribution in [2.75, 3.05) is 0 Å². The van der Waals surface area contributed by atoms with Crippen molar-refractivity contribution in [3.63, 3.8) is 0 Å². The molecule has 2 aromatic rings. The summed E-state index contributed by atoms with van der Waals surface area (Å²) in [6.07, 6.45) is 0.767. The molecular weight excluding hydrogens is 274 g/mol. The number of halogens is 1. The van der Waals surface area contributed by atoms with Crippen LogP contribution in [0.5, 0.6) is 0 Å². The van der Waals surface area contributed by atoms with Crippen LogP contribution in [-0.2, 0) is 11.2 Å². The number of aryl methyl sites for hydroxylation is 1. The number of hydrogen-bond donors (Lipinski definition) is 1. The van der Waals surface area contributed by atoms with E-state index in [9.17, 15) is 4.79 Å². The van der Waals surface area contributed by atoms with Gasteiger partial charge in [-0.05, 0) is 47.2 Å². The number of carbonyl (C=O) groups excluding carboxylic acids is 1. The summed E-state index contributed by atoms with van der Waals surface area (Å²) in [7, 11) is 0. The highest BCUT2D eigenvalue weighted by molar-refractivity contribution is 6.30. The minimum absolute atomic E-state index is 0.207. The predicted octanol–water partition coefficient (Wildman–Crippen LogP) is 4.09. The van der Waals surface area contributed by atoms with Gasteiger partial charge in [0.2, 0.25) is 0 Å². The van der Waals surface area contributed by atoms with Crippen LogP contribution in [0.1, 0.15) is 23.7 Å². The minimum Gasteiger partial charge on any atom is -0.441 e. The van der Waals surface area contributed by atoms with Crippen molar-refractivity contribution in [1.29, 1.82) is 0 Å². The molecule has 0 aliphatic heterocycles. The number of primary amides is 1. The molecular formula is C16H14ClNO2. The Labute approximate surface area is 122 Å². The highest BCUT2D eigenvalue weighted by Gasteiger charge is 2.25. The van der Waals surface area contributed by atoms with Crippen LogP contribution in [0.25, 0.3) is 11.1 Å². The third-order valence-electron chi connectivity index (χ3n) is 3.60. The molecule has 4 heteroatoms. The van der Waals surface area contributed by atoms with Crippen molar-refractivity contribution < 1.29 is 9.53 Å². The standard InChI is InChI=1S/C16H14ClNO2/c17-13-5-1-10(2-6-13)11-3-7-14-12(9-11)4-8-15(14)20-16(18)19/h1-3,5-7,9,15H,4,8H2,(H2,18,19). The topological polar surface area (TPSA) is 52.3 Å². The molecule has 0 aromatic heterocycles. The van der Waals surface area contributed by atoms with E-state index in [0.717, 1.165) is 34.6 Å². The van der Waals surface area contributed by atoms with Crippen LogP contribution in [0, 0.1) is 0 Å². The molecule has 102 valence electrons. The molecule has 2 aromatic carbocycles. The zero-order valence-electron chi connectivity index (χ0n) is 10.8. The Kier molecular flexibility index (Phi) is 3.36. The number of amides is 1. The van der Waals surface area contributed by atoms with Gasteiger partial charge in [-0.1, -0.05) is 41.9 Å². The Morgan fingerprint density at radius 3 is 2.55 bits per heavy atom. The normalized spacial score (nSPS) is 16.8. The molecule has 1 aliphatic carbocycles. The summed E-state index contributed by atoms with van der Waals surface area (Å²) in [5.41, 5.74) is 9.62. The summed E-state index contributed by atoms with van der Waals surface area (Å²) < 4.78 is 5.12. The lowest BCUT2D eigenvalue weighted by atomic mass is 10.0. The molecule has 0 heterocycles. The van der Waals surface area contributed by atoms with Crippen molar-refractivity contribution in [2.24, 2.45) is 5.73 Å². The highest BCUT2D eigenvalue weighted by atomic mass is 35.5. The average molecular weight is 288 g/mol. The van der Waals surface area contributed by atoms with Crippen molar-refractivity contribution >= 4 is 17.7 Å². The number of rotatable bonds is 2. The summed E-state index contributed by atoms with van der Waals surface area (Å²) in [6, 6.07) is 13.9. The summed E-state index contributed by atoms with van der Waals surface area (Å²) in [6.45, 7) is 0. The molecule has 3 rings (SSSR count). The molecule has 1 atom stereocenters. The number of fused-ring (bicyclic) bond motifs is 1. The number of carbonyl (C=O) groups is 1. The van der Waals surface area contributed by atoms with Gasteiger partial charge in [-0.3, -0.25) is 0 Å². The van der Waals surface area contributed by atoms with Crippen molar-refractivity contribution in [3.05, 3.63) is 58.6 Å².